The standard InChI is InChI=1S/C35H43Cl2N3O3/c1-34(2,3)43-33(42)40(24-25-41)38-26-35(29-10-14-31(36)15-11-29,30-12-16-32(37)17-13-30)20-7-21-39-22-18-28(19-23-39)27-8-5-4-6-9-27/h4-6,8-17,25,28,38H,7,18-24,26H2,1-3H3. The van der Waals surface area contributed by atoms with E-state index in [1.165, 1.54) is 10.6 Å². The van der Waals surface area contributed by atoms with Crippen molar-refractivity contribution in [1.29, 1.82) is 0 Å². The van der Waals surface area contributed by atoms with Crippen molar-refractivity contribution in [3.63, 3.8) is 0 Å². The number of piperidine rings is 1. The molecule has 0 bridgehead atoms. The van der Waals surface area contributed by atoms with E-state index in [2.05, 4.69) is 40.7 Å². The van der Waals surface area contributed by atoms with Gasteiger partial charge in [-0.3, -0.25) is 0 Å². The third kappa shape index (κ3) is 9.29. The lowest BCUT2D eigenvalue weighted by Gasteiger charge is -2.39. The highest BCUT2D eigenvalue weighted by atomic mass is 35.5. The first-order valence-corrected chi connectivity index (χ1v) is 15.8. The van der Waals surface area contributed by atoms with Crippen molar-refractivity contribution in [1.82, 2.24) is 15.3 Å². The number of halogens is 2. The molecule has 1 saturated heterocycles. The van der Waals surface area contributed by atoms with Crippen LogP contribution >= 0.6 is 23.2 Å². The van der Waals surface area contributed by atoms with E-state index in [1.807, 2.05) is 48.5 Å². The molecule has 1 fully saturated rings. The van der Waals surface area contributed by atoms with Crippen molar-refractivity contribution >= 4 is 35.6 Å². The molecule has 1 aliphatic rings. The van der Waals surface area contributed by atoms with Gasteiger partial charge in [-0.05, 0) is 113 Å². The maximum Gasteiger partial charge on any atom is 0.425 e. The van der Waals surface area contributed by atoms with E-state index in [0.29, 0.717) is 28.8 Å². The van der Waals surface area contributed by atoms with Gasteiger partial charge in [-0.2, -0.15) is 0 Å². The van der Waals surface area contributed by atoms with Crippen LogP contribution < -0.4 is 5.43 Å². The Balaban J connectivity index is 1.56. The van der Waals surface area contributed by atoms with Crippen LogP contribution in [0.15, 0.2) is 78.9 Å². The van der Waals surface area contributed by atoms with Crippen molar-refractivity contribution in [2.45, 2.75) is 63.4 Å². The van der Waals surface area contributed by atoms with E-state index in [0.717, 1.165) is 56.4 Å². The first-order chi connectivity index (χ1) is 20.6. The number of carbonyl (C=O) groups is 2. The summed E-state index contributed by atoms with van der Waals surface area (Å²) in [5.41, 5.74) is 5.59. The third-order valence-corrected chi connectivity index (χ3v) is 8.68. The zero-order valence-electron chi connectivity index (χ0n) is 25.4. The first-order valence-electron chi connectivity index (χ1n) is 15.1. The highest BCUT2D eigenvalue weighted by Crippen LogP contribution is 2.38. The Kier molecular flexibility index (Phi) is 11.7. The summed E-state index contributed by atoms with van der Waals surface area (Å²) in [6.45, 7) is 8.74. The molecule has 0 unspecified atom stereocenters. The van der Waals surface area contributed by atoms with Gasteiger partial charge in [0.2, 0.25) is 0 Å². The van der Waals surface area contributed by atoms with E-state index in [-0.39, 0.29) is 6.54 Å². The van der Waals surface area contributed by atoms with Crippen LogP contribution in [0.25, 0.3) is 0 Å². The molecule has 43 heavy (non-hydrogen) atoms. The number of rotatable bonds is 12. The van der Waals surface area contributed by atoms with Crippen LogP contribution in [-0.4, -0.2) is 60.6 Å². The number of amides is 1. The number of likely N-dealkylation sites (tertiary alicyclic amines) is 1. The molecule has 0 saturated carbocycles. The summed E-state index contributed by atoms with van der Waals surface area (Å²) in [6, 6.07) is 26.6. The summed E-state index contributed by atoms with van der Waals surface area (Å²) in [4.78, 5) is 27.1. The number of hydrogen-bond donors (Lipinski definition) is 1. The average Bonchev–Trinajstić information content (AvgIpc) is 2.99. The maximum absolute atomic E-state index is 13.0. The van der Waals surface area contributed by atoms with Crippen LogP contribution in [0.5, 0.6) is 0 Å². The minimum atomic E-state index is -0.697. The quantitative estimate of drug-likeness (QED) is 0.164. The molecular weight excluding hydrogens is 581 g/mol. The Morgan fingerprint density at radius 1 is 0.930 bits per heavy atom. The fourth-order valence-corrected chi connectivity index (χ4v) is 6.18. The molecule has 1 N–H and O–H groups in total. The van der Waals surface area contributed by atoms with Crippen LogP contribution in [-0.2, 0) is 14.9 Å². The largest absolute Gasteiger partial charge is 0.443 e. The lowest BCUT2D eigenvalue weighted by Crippen LogP contribution is -2.52. The van der Waals surface area contributed by atoms with Crippen molar-refractivity contribution in [3.05, 3.63) is 106 Å². The number of benzene rings is 3. The number of nitrogens with one attached hydrogen (secondary N) is 1. The average molecular weight is 625 g/mol. The van der Waals surface area contributed by atoms with Crippen LogP contribution in [0.1, 0.15) is 69.1 Å². The van der Waals surface area contributed by atoms with Gasteiger partial charge in [0.25, 0.3) is 0 Å². The fourth-order valence-electron chi connectivity index (χ4n) is 5.93. The van der Waals surface area contributed by atoms with Crippen LogP contribution in [0, 0.1) is 0 Å². The molecule has 4 rings (SSSR count). The van der Waals surface area contributed by atoms with Crippen molar-refractivity contribution in [3.8, 4) is 0 Å². The number of carbonyl (C=O) groups excluding carboxylic acids is 2. The van der Waals surface area contributed by atoms with Gasteiger partial charge in [0, 0.05) is 22.0 Å². The van der Waals surface area contributed by atoms with E-state index < -0.39 is 17.1 Å². The minimum Gasteiger partial charge on any atom is -0.443 e. The summed E-state index contributed by atoms with van der Waals surface area (Å²) in [5.74, 6) is 0.612. The van der Waals surface area contributed by atoms with Crippen molar-refractivity contribution in [2.24, 2.45) is 0 Å². The molecule has 0 atom stereocenters. The molecule has 0 radical (unpaired) electrons. The summed E-state index contributed by atoms with van der Waals surface area (Å²) in [5, 5.41) is 2.56. The van der Waals surface area contributed by atoms with Gasteiger partial charge in [-0.15, -0.1) is 0 Å². The van der Waals surface area contributed by atoms with Crippen LogP contribution in [0.4, 0.5) is 4.79 Å². The van der Waals surface area contributed by atoms with E-state index in [9.17, 15) is 9.59 Å². The normalized spacial score (nSPS) is 14.8. The molecule has 1 aliphatic heterocycles. The Labute approximate surface area is 266 Å². The van der Waals surface area contributed by atoms with E-state index >= 15 is 0 Å². The fraction of sp³-hybridized carbons (Fsp3) is 0.429. The highest BCUT2D eigenvalue weighted by molar-refractivity contribution is 6.30. The molecule has 1 heterocycles. The minimum absolute atomic E-state index is 0.136. The molecule has 1 amide bonds. The number of aldehydes is 1. The lowest BCUT2D eigenvalue weighted by molar-refractivity contribution is -0.109. The van der Waals surface area contributed by atoms with Gasteiger partial charge >= 0.3 is 6.09 Å². The van der Waals surface area contributed by atoms with Gasteiger partial charge < -0.3 is 14.4 Å². The maximum atomic E-state index is 13.0. The van der Waals surface area contributed by atoms with Gasteiger partial charge in [-0.1, -0.05) is 77.8 Å². The molecule has 230 valence electrons. The van der Waals surface area contributed by atoms with Crippen molar-refractivity contribution < 1.29 is 14.3 Å². The zero-order chi connectivity index (χ0) is 30.9. The molecule has 3 aromatic carbocycles. The van der Waals surface area contributed by atoms with Gasteiger partial charge in [0.1, 0.15) is 11.9 Å². The monoisotopic (exact) mass is 623 g/mol. The topological polar surface area (TPSA) is 61.9 Å². The van der Waals surface area contributed by atoms with E-state index in [4.69, 9.17) is 27.9 Å². The highest BCUT2D eigenvalue weighted by Gasteiger charge is 2.36. The number of hydrogen-bond acceptors (Lipinski definition) is 5. The summed E-state index contributed by atoms with van der Waals surface area (Å²) in [6.07, 6.45) is 4.14. The number of hydrazine groups is 1. The van der Waals surface area contributed by atoms with E-state index in [1.54, 1.807) is 20.8 Å². The predicted octanol–water partition coefficient (Wildman–Crippen LogP) is 7.88. The molecular formula is C35H43Cl2N3O3. The van der Waals surface area contributed by atoms with Crippen LogP contribution in [0.3, 0.4) is 0 Å². The Bertz CT molecular complexity index is 1260. The van der Waals surface area contributed by atoms with Crippen LogP contribution in [0.2, 0.25) is 10.0 Å². The summed E-state index contributed by atoms with van der Waals surface area (Å²) >= 11 is 12.6. The Hall–Kier alpha value is -2.90. The summed E-state index contributed by atoms with van der Waals surface area (Å²) in [7, 11) is 0. The predicted molar refractivity (Wildman–Crippen MR) is 175 cm³/mol. The lowest BCUT2D eigenvalue weighted by atomic mass is 9.71. The Morgan fingerprint density at radius 3 is 2.00 bits per heavy atom. The second kappa shape index (κ2) is 15.2. The molecule has 3 aromatic rings. The summed E-state index contributed by atoms with van der Waals surface area (Å²) < 4.78 is 5.59. The van der Waals surface area contributed by atoms with Gasteiger partial charge in [0.05, 0.1) is 6.54 Å². The second-order valence-electron chi connectivity index (χ2n) is 12.3. The molecule has 0 aliphatic carbocycles. The third-order valence-electron chi connectivity index (χ3n) is 8.17. The van der Waals surface area contributed by atoms with Crippen molar-refractivity contribution in [2.75, 3.05) is 32.7 Å². The first kappa shape index (κ1) is 33.0. The smallest absolute Gasteiger partial charge is 0.425 e. The molecule has 8 heteroatoms. The molecule has 6 nitrogen and oxygen atoms in total. The second-order valence-corrected chi connectivity index (χ2v) is 13.2. The number of ether oxygens (including phenoxy) is 1. The molecule has 0 aromatic heterocycles. The zero-order valence-corrected chi connectivity index (χ0v) is 26.9. The number of nitrogens with zero attached hydrogens (tertiary/aromatic N) is 2. The molecule has 0 spiro atoms. The van der Waals surface area contributed by atoms with Gasteiger partial charge in [0.15, 0.2) is 0 Å². The Morgan fingerprint density at radius 2 is 1.49 bits per heavy atom. The van der Waals surface area contributed by atoms with Gasteiger partial charge in [-0.25, -0.2) is 15.2 Å². The SMILES string of the molecule is CC(C)(C)OC(=O)N(CC=O)NCC(CCCN1CCC(c2ccccc2)CC1)(c1ccc(Cl)cc1)c1ccc(Cl)cc1.